The third-order valence-corrected chi connectivity index (χ3v) is 3.00. The Morgan fingerprint density at radius 2 is 1.72 bits per heavy atom. The molecule has 94 valence electrons. The van der Waals surface area contributed by atoms with Gasteiger partial charge in [0.05, 0.1) is 5.69 Å². The van der Waals surface area contributed by atoms with E-state index in [9.17, 15) is 4.39 Å². The first-order valence-corrected chi connectivity index (χ1v) is 6.09. The Kier molecular flexibility index (Phi) is 4.05. The molecular weight excluding hydrogens is 227 g/mol. The van der Waals surface area contributed by atoms with Gasteiger partial charge in [0.1, 0.15) is 5.82 Å². The number of pyridine rings is 1. The number of nitrogens with one attached hydrogen (secondary N) is 1. The molecule has 2 rings (SSSR count). The Balaban J connectivity index is 2.03. The largest absolute Gasteiger partial charge is 0.302 e. The lowest BCUT2D eigenvalue weighted by molar-refractivity contribution is 0.485. The zero-order valence-electron chi connectivity index (χ0n) is 10.6. The summed E-state index contributed by atoms with van der Waals surface area (Å²) in [6.45, 7) is 4.13. The molecule has 3 heteroatoms. The van der Waals surface area contributed by atoms with E-state index in [0.29, 0.717) is 0 Å². The molecule has 0 aliphatic carbocycles. The minimum atomic E-state index is -0.205. The van der Waals surface area contributed by atoms with E-state index in [1.54, 1.807) is 18.3 Å². The van der Waals surface area contributed by atoms with Crippen LogP contribution in [0.1, 0.15) is 37.2 Å². The molecule has 1 heterocycles. The molecule has 0 saturated carbocycles. The van der Waals surface area contributed by atoms with Crippen LogP contribution in [0.4, 0.5) is 4.39 Å². The summed E-state index contributed by atoms with van der Waals surface area (Å²) < 4.78 is 12.8. The molecule has 1 aromatic carbocycles. The van der Waals surface area contributed by atoms with Crippen LogP contribution in [0.25, 0.3) is 0 Å². The van der Waals surface area contributed by atoms with Gasteiger partial charge in [0, 0.05) is 18.3 Å². The second-order valence-electron chi connectivity index (χ2n) is 4.42. The zero-order valence-corrected chi connectivity index (χ0v) is 10.6. The number of hydrogen-bond donors (Lipinski definition) is 1. The summed E-state index contributed by atoms with van der Waals surface area (Å²) in [6, 6.07) is 12.8. The Morgan fingerprint density at radius 1 is 1.00 bits per heavy atom. The molecule has 0 radical (unpaired) electrons. The fraction of sp³-hybridized carbons (Fsp3) is 0.267. The van der Waals surface area contributed by atoms with Crippen LogP contribution >= 0.6 is 0 Å². The molecule has 2 aromatic rings. The van der Waals surface area contributed by atoms with Crippen molar-refractivity contribution in [2.45, 2.75) is 25.9 Å². The number of halogens is 1. The number of nitrogens with zero attached hydrogens (tertiary/aromatic N) is 1. The quantitative estimate of drug-likeness (QED) is 0.888. The Morgan fingerprint density at radius 3 is 2.33 bits per heavy atom. The molecule has 2 nitrogen and oxygen atoms in total. The standard InChI is InChI=1S/C15H17FN2/c1-11(13-6-8-14(16)9-7-13)18-12(2)15-5-3-4-10-17-15/h3-12,18H,1-2H3/t11?,12-/m0/s1. The van der Waals surface area contributed by atoms with Crippen LogP contribution in [0.15, 0.2) is 48.7 Å². The molecule has 0 bridgehead atoms. The van der Waals surface area contributed by atoms with Crippen molar-refractivity contribution < 1.29 is 4.39 Å². The highest BCUT2D eigenvalue weighted by molar-refractivity contribution is 5.20. The Labute approximate surface area is 107 Å². The van der Waals surface area contributed by atoms with Gasteiger partial charge in [0.2, 0.25) is 0 Å². The molecule has 0 spiro atoms. The van der Waals surface area contributed by atoms with E-state index in [1.165, 1.54) is 12.1 Å². The average Bonchev–Trinajstić information content (AvgIpc) is 2.40. The van der Waals surface area contributed by atoms with Crippen LogP contribution in [0, 0.1) is 5.82 Å². The average molecular weight is 244 g/mol. The molecule has 0 amide bonds. The molecule has 0 fully saturated rings. The van der Waals surface area contributed by atoms with Gasteiger partial charge < -0.3 is 5.32 Å². The van der Waals surface area contributed by atoms with E-state index in [-0.39, 0.29) is 17.9 Å². The van der Waals surface area contributed by atoms with Gasteiger partial charge in [0.15, 0.2) is 0 Å². The predicted octanol–water partition coefficient (Wildman–Crippen LogP) is 3.63. The van der Waals surface area contributed by atoms with Crippen molar-refractivity contribution in [1.82, 2.24) is 10.3 Å². The van der Waals surface area contributed by atoms with Crippen molar-refractivity contribution >= 4 is 0 Å². The lowest BCUT2D eigenvalue weighted by Crippen LogP contribution is -2.23. The minimum absolute atomic E-state index is 0.155. The maximum atomic E-state index is 12.8. The van der Waals surface area contributed by atoms with E-state index >= 15 is 0 Å². The topological polar surface area (TPSA) is 24.9 Å². The van der Waals surface area contributed by atoms with Crippen molar-refractivity contribution in [2.75, 3.05) is 0 Å². The van der Waals surface area contributed by atoms with Crippen LogP contribution in [-0.2, 0) is 0 Å². The number of rotatable bonds is 4. The Bertz CT molecular complexity index is 482. The van der Waals surface area contributed by atoms with E-state index in [4.69, 9.17) is 0 Å². The summed E-state index contributed by atoms with van der Waals surface area (Å²) in [5, 5.41) is 3.45. The summed E-state index contributed by atoms with van der Waals surface area (Å²) in [7, 11) is 0. The minimum Gasteiger partial charge on any atom is -0.302 e. The molecule has 2 atom stereocenters. The molecule has 0 aliphatic heterocycles. The van der Waals surface area contributed by atoms with Crippen LogP contribution in [0.2, 0.25) is 0 Å². The first-order valence-electron chi connectivity index (χ1n) is 6.09. The van der Waals surface area contributed by atoms with Gasteiger partial charge >= 0.3 is 0 Å². The summed E-state index contributed by atoms with van der Waals surface area (Å²) in [5.74, 6) is -0.205. The molecule has 0 aliphatic rings. The predicted molar refractivity (Wildman–Crippen MR) is 70.6 cm³/mol. The maximum absolute atomic E-state index is 12.8. The van der Waals surface area contributed by atoms with Crippen molar-refractivity contribution in [2.24, 2.45) is 0 Å². The molecule has 0 saturated heterocycles. The summed E-state index contributed by atoms with van der Waals surface area (Å²) in [5.41, 5.74) is 2.07. The van der Waals surface area contributed by atoms with Crippen molar-refractivity contribution in [3.05, 3.63) is 65.7 Å². The second kappa shape index (κ2) is 5.74. The van der Waals surface area contributed by atoms with Crippen LogP contribution in [0.5, 0.6) is 0 Å². The van der Waals surface area contributed by atoms with E-state index in [1.807, 2.05) is 18.2 Å². The van der Waals surface area contributed by atoms with Crippen molar-refractivity contribution in [1.29, 1.82) is 0 Å². The van der Waals surface area contributed by atoms with Gasteiger partial charge in [-0.15, -0.1) is 0 Å². The number of benzene rings is 1. The zero-order chi connectivity index (χ0) is 13.0. The Hall–Kier alpha value is -1.74. The normalized spacial score (nSPS) is 14.2. The van der Waals surface area contributed by atoms with Crippen LogP contribution < -0.4 is 5.32 Å². The highest BCUT2D eigenvalue weighted by Gasteiger charge is 2.11. The first kappa shape index (κ1) is 12.7. The molecular formula is C15H17FN2. The molecule has 1 N–H and O–H groups in total. The van der Waals surface area contributed by atoms with E-state index < -0.39 is 0 Å². The molecule has 1 aromatic heterocycles. The van der Waals surface area contributed by atoms with Gasteiger partial charge in [-0.2, -0.15) is 0 Å². The van der Waals surface area contributed by atoms with Crippen molar-refractivity contribution in [3.8, 4) is 0 Å². The van der Waals surface area contributed by atoms with Gasteiger partial charge in [0.25, 0.3) is 0 Å². The second-order valence-corrected chi connectivity index (χ2v) is 4.42. The fourth-order valence-corrected chi connectivity index (χ4v) is 1.94. The SMILES string of the molecule is CC(N[C@@H](C)c1ccccn1)c1ccc(F)cc1. The van der Waals surface area contributed by atoms with Gasteiger partial charge in [-0.3, -0.25) is 4.98 Å². The third kappa shape index (κ3) is 3.14. The molecule has 18 heavy (non-hydrogen) atoms. The highest BCUT2D eigenvalue weighted by Crippen LogP contribution is 2.18. The monoisotopic (exact) mass is 244 g/mol. The van der Waals surface area contributed by atoms with Crippen LogP contribution in [-0.4, -0.2) is 4.98 Å². The lowest BCUT2D eigenvalue weighted by Gasteiger charge is -2.20. The smallest absolute Gasteiger partial charge is 0.123 e. The molecule has 1 unspecified atom stereocenters. The maximum Gasteiger partial charge on any atom is 0.123 e. The van der Waals surface area contributed by atoms with E-state index in [0.717, 1.165) is 11.3 Å². The summed E-state index contributed by atoms with van der Waals surface area (Å²) >= 11 is 0. The van der Waals surface area contributed by atoms with Crippen LogP contribution in [0.3, 0.4) is 0 Å². The fourth-order valence-electron chi connectivity index (χ4n) is 1.94. The number of aromatic nitrogens is 1. The lowest BCUT2D eigenvalue weighted by atomic mass is 10.1. The third-order valence-electron chi connectivity index (χ3n) is 3.00. The number of hydrogen-bond acceptors (Lipinski definition) is 2. The van der Waals surface area contributed by atoms with Gasteiger partial charge in [-0.25, -0.2) is 4.39 Å². The summed E-state index contributed by atoms with van der Waals surface area (Å²) in [6.07, 6.45) is 1.79. The highest BCUT2D eigenvalue weighted by atomic mass is 19.1. The van der Waals surface area contributed by atoms with Crippen molar-refractivity contribution in [3.63, 3.8) is 0 Å². The van der Waals surface area contributed by atoms with Gasteiger partial charge in [-0.05, 0) is 43.7 Å². The summed E-state index contributed by atoms with van der Waals surface area (Å²) in [4.78, 5) is 4.32. The van der Waals surface area contributed by atoms with E-state index in [2.05, 4.69) is 24.1 Å². The first-order chi connectivity index (χ1) is 8.66. The van der Waals surface area contributed by atoms with Gasteiger partial charge in [-0.1, -0.05) is 18.2 Å².